The van der Waals surface area contributed by atoms with Crippen LogP contribution in [-0.4, -0.2) is 53.7 Å². The van der Waals surface area contributed by atoms with Crippen molar-refractivity contribution in [1.82, 2.24) is 10.2 Å². The van der Waals surface area contributed by atoms with E-state index in [-0.39, 0.29) is 25.0 Å². The summed E-state index contributed by atoms with van der Waals surface area (Å²) in [5.41, 5.74) is 0.479. The number of likely N-dealkylation sites (tertiary alicyclic amines) is 1. The molecular formula is C19H24N2O6. The molecule has 3 rings (SSSR count). The second-order valence-corrected chi connectivity index (χ2v) is 6.72. The number of aliphatic carboxylic acids is 1. The van der Waals surface area contributed by atoms with Crippen LogP contribution in [0.25, 0.3) is 0 Å². The fourth-order valence-corrected chi connectivity index (χ4v) is 3.39. The standard InChI is InChI=1S/C19H24N2O6/c22-17(23)6-2-1-3-9-20-18(24)14-5-4-10-21(14)19(25)13-7-8-15-16(11-13)27-12-26-15/h7-8,11,14H,1-6,9-10,12H2,(H,20,24)(H,22,23). The van der Waals surface area contributed by atoms with E-state index in [1.54, 1.807) is 23.1 Å². The first kappa shape index (κ1) is 19.0. The van der Waals surface area contributed by atoms with Crippen LogP contribution in [0.4, 0.5) is 0 Å². The van der Waals surface area contributed by atoms with E-state index < -0.39 is 12.0 Å². The molecule has 1 unspecified atom stereocenters. The Morgan fingerprint density at radius 3 is 2.78 bits per heavy atom. The molecule has 0 aromatic heterocycles. The number of carbonyl (C=O) groups is 3. The van der Waals surface area contributed by atoms with E-state index >= 15 is 0 Å². The highest BCUT2D eigenvalue weighted by molar-refractivity contribution is 5.98. The zero-order valence-electron chi connectivity index (χ0n) is 15.1. The second-order valence-electron chi connectivity index (χ2n) is 6.72. The lowest BCUT2D eigenvalue weighted by atomic mass is 10.1. The van der Waals surface area contributed by atoms with Crippen LogP contribution in [-0.2, 0) is 9.59 Å². The molecule has 8 heteroatoms. The Kier molecular flexibility index (Phi) is 6.16. The lowest BCUT2D eigenvalue weighted by Crippen LogP contribution is -2.46. The molecule has 1 aromatic carbocycles. The van der Waals surface area contributed by atoms with Crippen molar-refractivity contribution in [1.29, 1.82) is 0 Å². The number of hydrogen-bond acceptors (Lipinski definition) is 5. The Bertz CT molecular complexity index is 720. The van der Waals surface area contributed by atoms with E-state index in [4.69, 9.17) is 14.6 Å². The van der Waals surface area contributed by atoms with E-state index in [2.05, 4.69) is 5.32 Å². The number of hydrogen-bond donors (Lipinski definition) is 2. The van der Waals surface area contributed by atoms with Crippen molar-refractivity contribution in [2.75, 3.05) is 19.9 Å². The number of nitrogens with one attached hydrogen (secondary N) is 1. The molecule has 2 amide bonds. The average Bonchev–Trinajstić information content (AvgIpc) is 3.31. The number of unbranched alkanes of at least 4 members (excludes halogenated alkanes) is 2. The van der Waals surface area contributed by atoms with Gasteiger partial charge in [-0.05, 0) is 43.9 Å². The van der Waals surface area contributed by atoms with Gasteiger partial charge in [-0.3, -0.25) is 14.4 Å². The number of amides is 2. The molecule has 146 valence electrons. The molecule has 0 spiro atoms. The zero-order chi connectivity index (χ0) is 19.2. The molecule has 1 saturated heterocycles. The molecule has 0 bridgehead atoms. The molecule has 2 N–H and O–H groups in total. The number of ether oxygens (including phenoxy) is 2. The summed E-state index contributed by atoms with van der Waals surface area (Å²) in [6, 6.07) is 4.58. The van der Waals surface area contributed by atoms with Gasteiger partial charge in [0.25, 0.3) is 5.91 Å². The number of fused-ring (bicyclic) bond motifs is 1. The van der Waals surface area contributed by atoms with Gasteiger partial charge in [0.1, 0.15) is 6.04 Å². The average molecular weight is 376 g/mol. The van der Waals surface area contributed by atoms with Crippen LogP contribution in [0, 0.1) is 0 Å². The van der Waals surface area contributed by atoms with Gasteiger partial charge in [0.2, 0.25) is 12.7 Å². The molecule has 2 heterocycles. The molecule has 27 heavy (non-hydrogen) atoms. The van der Waals surface area contributed by atoms with Crippen LogP contribution in [0.2, 0.25) is 0 Å². The van der Waals surface area contributed by atoms with Gasteiger partial charge in [0.15, 0.2) is 11.5 Å². The Morgan fingerprint density at radius 1 is 1.15 bits per heavy atom. The Hall–Kier alpha value is -2.77. The van der Waals surface area contributed by atoms with Gasteiger partial charge < -0.3 is 24.8 Å². The van der Waals surface area contributed by atoms with Gasteiger partial charge in [0, 0.05) is 25.1 Å². The Balaban J connectivity index is 1.51. The maximum atomic E-state index is 12.8. The van der Waals surface area contributed by atoms with E-state index in [0.29, 0.717) is 43.0 Å². The molecule has 2 aliphatic rings. The Morgan fingerprint density at radius 2 is 1.96 bits per heavy atom. The lowest BCUT2D eigenvalue weighted by molar-refractivity contribution is -0.137. The SMILES string of the molecule is O=C(O)CCCCCNC(=O)C1CCCN1C(=O)c1ccc2c(c1)OCO2. The van der Waals surface area contributed by atoms with Gasteiger partial charge in [-0.1, -0.05) is 6.42 Å². The second kappa shape index (κ2) is 8.75. The third-order valence-electron chi connectivity index (χ3n) is 4.80. The molecule has 1 aromatic rings. The van der Waals surface area contributed by atoms with Crippen LogP contribution in [0.3, 0.4) is 0 Å². The van der Waals surface area contributed by atoms with Crippen molar-refractivity contribution < 1.29 is 29.0 Å². The van der Waals surface area contributed by atoms with E-state index in [1.807, 2.05) is 0 Å². The molecular weight excluding hydrogens is 352 g/mol. The van der Waals surface area contributed by atoms with Crippen molar-refractivity contribution in [3.05, 3.63) is 23.8 Å². The lowest BCUT2D eigenvalue weighted by Gasteiger charge is -2.24. The number of rotatable bonds is 8. The fourth-order valence-electron chi connectivity index (χ4n) is 3.39. The van der Waals surface area contributed by atoms with Crippen molar-refractivity contribution in [2.45, 2.75) is 44.6 Å². The summed E-state index contributed by atoms with van der Waals surface area (Å²) in [4.78, 5) is 37.4. The topological polar surface area (TPSA) is 105 Å². The highest BCUT2D eigenvalue weighted by atomic mass is 16.7. The molecule has 0 saturated carbocycles. The quantitative estimate of drug-likeness (QED) is 0.670. The predicted molar refractivity (Wildman–Crippen MR) is 95.7 cm³/mol. The van der Waals surface area contributed by atoms with Crippen molar-refractivity contribution >= 4 is 17.8 Å². The largest absolute Gasteiger partial charge is 0.481 e. The summed E-state index contributed by atoms with van der Waals surface area (Å²) in [7, 11) is 0. The number of carboxylic acid groups (broad SMARTS) is 1. The molecule has 2 aliphatic heterocycles. The molecule has 1 fully saturated rings. The van der Waals surface area contributed by atoms with Gasteiger partial charge >= 0.3 is 5.97 Å². The predicted octanol–water partition coefficient (Wildman–Crippen LogP) is 1.78. The minimum Gasteiger partial charge on any atom is -0.481 e. The third-order valence-corrected chi connectivity index (χ3v) is 4.80. The number of carbonyl (C=O) groups excluding carboxylic acids is 2. The molecule has 0 aliphatic carbocycles. The van der Waals surface area contributed by atoms with E-state index in [1.165, 1.54) is 0 Å². The van der Waals surface area contributed by atoms with Crippen LogP contribution in [0.5, 0.6) is 11.5 Å². The van der Waals surface area contributed by atoms with E-state index in [9.17, 15) is 14.4 Å². The Labute approximate surface area is 157 Å². The van der Waals surface area contributed by atoms with Crippen molar-refractivity contribution in [3.8, 4) is 11.5 Å². The summed E-state index contributed by atoms with van der Waals surface area (Å²) < 4.78 is 10.6. The van der Waals surface area contributed by atoms with Crippen molar-refractivity contribution in [2.24, 2.45) is 0 Å². The first-order chi connectivity index (χ1) is 13.1. The van der Waals surface area contributed by atoms with Gasteiger partial charge in [-0.2, -0.15) is 0 Å². The molecule has 1 atom stereocenters. The smallest absolute Gasteiger partial charge is 0.303 e. The summed E-state index contributed by atoms with van der Waals surface area (Å²) in [5.74, 6) is 0.0162. The summed E-state index contributed by atoms with van der Waals surface area (Å²) >= 11 is 0. The third kappa shape index (κ3) is 4.69. The number of carboxylic acids is 1. The number of nitrogens with zero attached hydrogens (tertiary/aromatic N) is 1. The minimum atomic E-state index is -0.803. The first-order valence-corrected chi connectivity index (χ1v) is 9.26. The van der Waals surface area contributed by atoms with Crippen LogP contribution < -0.4 is 14.8 Å². The normalized spacial score (nSPS) is 17.8. The zero-order valence-corrected chi connectivity index (χ0v) is 15.1. The van der Waals surface area contributed by atoms with Crippen LogP contribution in [0.15, 0.2) is 18.2 Å². The van der Waals surface area contributed by atoms with Crippen LogP contribution in [0.1, 0.15) is 48.9 Å². The fraction of sp³-hybridized carbons (Fsp3) is 0.526. The van der Waals surface area contributed by atoms with Gasteiger partial charge in [-0.25, -0.2) is 0 Å². The number of benzene rings is 1. The van der Waals surface area contributed by atoms with Gasteiger partial charge in [0.05, 0.1) is 0 Å². The van der Waals surface area contributed by atoms with E-state index in [0.717, 1.165) is 19.3 Å². The minimum absolute atomic E-state index is 0.147. The molecule has 0 radical (unpaired) electrons. The molecule has 8 nitrogen and oxygen atoms in total. The highest BCUT2D eigenvalue weighted by Crippen LogP contribution is 2.33. The van der Waals surface area contributed by atoms with Crippen LogP contribution >= 0.6 is 0 Å². The highest BCUT2D eigenvalue weighted by Gasteiger charge is 2.34. The summed E-state index contributed by atoms with van der Waals surface area (Å²) in [5, 5.41) is 11.5. The first-order valence-electron chi connectivity index (χ1n) is 9.26. The van der Waals surface area contributed by atoms with Crippen molar-refractivity contribution in [3.63, 3.8) is 0 Å². The maximum absolute atomic E-state index is 12.8. The van der Waals surface area contributed by atoms with Gasteiger partial charge in [-0.15, -0.1) is 0 Å². The summed E-state index contributed by atoms with van der Waals surface area (Å²) in [6.07, 6.45) is 3.64. The maximum Gasteiger partial charge on any atom is 0.303 e. The monoisotopic (exact) mass is 376 g/mol. The summed E-state index contributed by atoms with van der Waals surface area (Å²) in [6.45, 7) is 1.18.